The number of amides is 1. The molecule has 27 heavy (non-hydrogen) atoms. The van der Waals surface area contributed by atoms with Crippen molar-refractivity contribution in [1.29, 1.82) is 0 Å². The summed E-state index contributed by atoms with van der Waals surface area (Å²) in [7, 11) is -3.58. The normalized spacial score (nSPS) is 20.6. The third-order valence-electron chi connectivity index (χ3n) is 5.66. The van der Waals surface area contributed by atoms with E-state index < -0.39 is 10.0 Å². The van der Waals surface area contributed by atoms with Crippen LogP contribution in [-0.4, -0.2) is 74.6 Å². The Morgan fingerprint density at radius 3 is 2.07 bits per heavy atom. The second-order valence-corrected chi connectivity index (χ2v) is 9.33. The lowest BCUT2D eigenvalue weighted by molar-refractivity contribution is -0.918. The second-order valence-electron chi connectivity index (χ2n) is 7.40. The Bertz CT molecular complexity index is 793. The number of carbonyl (C=O) groups excluding carboxylic acids is 2. The molecule has 0 radical (unpaired) electrons. The molecule has 2 aliphatic heterocycles. The van der Waals surface area contributed by atoms with Crippen molar-refractivity contribution in [3.05, 3.63) is 29.8 Å². The molecule has 7 nitrogen and oxygen atoms in total. The molecule has 2 aliphatic rings. The topological polar surface area (TPSA) is 79.2 Å². The summed E-state index contributed by atoms with van der Waals surface area (Å²) in [5.74, 6) is 0.0893. The van der Waals surface area contributed by atoms with Gasteiger partial charge in [0, 0.05) is 18.7 Å². The average molecular weight is 395 g/mol. The van der Waals surface area contributed by atoms with Crippen LogP contribution in [0.25, 0.3) is 0 Å². The number of likely N-dealkylation sites (tertiary alicyclic amines) is 1. The van der Waals surface area contributed by atoms with Gasteiger partial charge < -0.3 is 9.80 Å². The van der Waals surface area contributed by atoms with E-state index in [0.717, 1.165) is 30.8 Å². The molecule has 2 saturated heterocycles. The highest BCUT2D eigenvalue weighted by atomic mass is 32.2. The van der Waals surface area contributed by atoms with Gasteiger partial charge >= 0.3 is 0 Å². The molecule has 8 heteroatoms. The lowest BCUT2D eigenvalue weighted by Crippen LogP contribution is -3.19. The molecule has 1 aromatic carbocycles. The number of nitrogens with zero attached hydrogens (tertiary/aromatic N) is 2. The highest BCUT2D eigenvalue weighted by Crippen LogP contribution is 2.17. The van der Waals surface area contributed by atoms with Crippen molar-refractivity contribution >= 4 is 21.7 Å². The van der Waals surface area contributed by atoms with Crippen LogP contribution in [0.1, 0.15) is 37.0 Å². The fraction of sp³-hybridized carbons (Fsp3) is 0.579. The minimum absolute atomic E-state index is 0.0900. The maximum absolute atomic E-state index is 12.8. The number of rotatable bonds is 5. The number of ketones is 1. The zero-order valence-corrected chi connectivity index (χ0v) is 16.8. The molecule has 0 unspecified atom stereocenters. The van der Waals surface area contributed by atoms with Gasteiger partial charge in [-0.2, -0.15) is 4.31 Å². The third kappa shape index (κ3) is 4.23. The van der Waals surface area contributed by atoms with E-state index in [1.165, 1.54) is 23.4 Å². The van der Waals surface area contributed by atoms with E-state index in [1.807, 2.05) is 11.8 Å². The van der Waals surface area contributed by atoms with Crippen LogP contribution in [0.3, 0.4) is 0 Å². The van der Waals surface area contributed by atoms with Gasteiger partial charge in [0.2, 0.25) is 10.0 Å². The van der Waals surface area contributed by atoms with Crippen molar-refractivity contribution in [3.63, 3.8) is 0 Å². The summed E-state index contributed by atoms with van der Waals surface area (Å²) >= 11 is 0. The van der Waals surface area contributed by atoms with Crippen molar-refractivity contribution in [3.8, 4) is 0 Å². The number of hydrogen-bond acceptors (Lipinski definition) is 4. The number of sulfonamides is 1. The van der Waals surface area contributed by atoms with E-state index in [-0.39, 0.29) is 22.6 Å². The average Bonchev–Trinajstić information content (AvgIpc) is 3.21. The molecule has 2 fully saturated rings. The Labute approximate surface area is 161 Å². The summed E-state index contributed by atoms with van der Waals surface area (Å²) in [5.41, 5.74) is 0.498. The first-order valence-electron chi connectivity index (χ1n) is 9.55. The molecule has 0 aliphatic carbocycles. The fourth-order valence-electron chi connectivity index (χ4n) is 3.84. The van der Waals surface area contributed by atoms with E-state index in [0.29, 0.717) is 31.7 Å². The summed E-state index contributed by atoms with van der Waals surface area (Å²) < 4.78 is 27.2. The van der Waals surface area contributed by atoms with Gasteiger partial charge in [-0.25, -0.2) is 8.42 Å². The molecule has 0 saturated carbocycles. The summed E-state index contributed by atoms with van der Waals surface area (Å²) in [6, 6.07) is 5.94. The summed E-state index contributed by atoms with van der Waals surface area (Å²) in [4.78, 5) is 27.2. The van der Waals surface area contributed by atoms with E-state index >= 15 is 0 Å². The molecule has 148 valence electrons. The largest absolute Gasteiger partial charge is 0.338 e. The van der Waals surface area contributed by atoms with E-state index in [4.69, 9.17) is 0 Å². The highest BCUT2D eigenvalue weighted by molar-refractivity contribution is 7.89. The predicted molar refractivity (Wildman–Crippen MR) is 101 cm³/mol. The molecule has 1 atom stereocenters. The first-order chi connectivity index (χ1) is 12.8. The number of benzene rings is 1. The SMILES string of the molecule is CC(=O)c1ccc(S(=O)(=O)N2CC[NH+]([C@@H](C)C(=O)N3CCCC3)CC2)cc1. The lowest BCUT2D eigenvalue weighted by atomic mass is 10.2. The Balaban J connectivity index is 1.62. The molecular formula is C19H28N3O4S+. The number of nitrogens with one attached hydrogen (secondary N) is 1. The number of hydrogen-bond donors (Lipinski definition) is 1. The van der Waals surface area contributed by atoms with Crippen molar-refractivity contribution < 1.29 is 22.9 Å². The minimum Gasteiger partial charge on any atom is -0.338 e. The van der Waals surface area contributed by atoms with Gasteiger partial charge in [0.15, 0.2) is 11.8 Å². The van der Waals surface area contributed by atoms with Gasteiger partial charge in [-0.3, -0.25) is 9.59 Å². The Morgan fingerprint density at radius 2 is 1.56 bits per heavy atom. The van der Waals surface area contributed by atoms with Gasteiger partial charge in [-0.05, 0) is 38.8 Å². The molecule has 0 aromatic heterocycles. The van der Waals surface area contributed by atoms with Crippen LogP contribution < -0.4 is 4.90 Å². The Hall–Kier alpha value is -1.77. The molecule has 3 rings (SSSR count). The summed E-state index contributed by atoms with van der Waals surface area (Å²) in [6.45, 7) is 7.10. The monoisotopic (exact) mass is 394 g/mol. The zero-order valence-electron chi connectivity index (χ0n) is 16.0. The highest BCUT2D eigenvalue weighted by Gasteiger charge is 2.36. The standard InChI is InChI=1S/C19H27N3O4S/c1-15(19(24)21-9-3-4-10-21)20-11-13-22(14-12-20)27(25,26)18-7-5-17(6-8-18)16(2)23/h5-8,15H,3-4,9-14H2,1-2H3/p+1/t15-/m0/s1. The van der Waals surface area contributed by atoms with Crippen LogP contribution >= 0.6 is 0 Å². The fourth-order valence-corrected chi connectivity index (χ4v) is 5.28. The Morgan fingerprint density at radius 1 is 1.00 bits per heavy atom. The van der Waals surface area contributed by atoms with Gasteiger partial charge in [0.05, 0.1) is 31.1 Å². The maximum atomic E-state index is 12.8. The number of carbonyl (C=O) groups is 2. The van der Waals surface area contributed by atoms with Gasteiger partial charge in [0.1, 0.15) is 0 Å². The van der Waals surface area contributed by atoms with Crippen molar-refractivity contribution in [2.45, 2.75) is 37.6 Å². The zero-order chi connectivity index (χ0) is 19.6. The molecule has 1 aromatic rings. The lowest BCUT2D eigenvalue weighted by Gasteiger charge is -2.35. The molecule has 1 N–H and O–H groups in total. The molecule has 2 heterocycles. The van der Waals surface area contributed by atoms with Crippen LogP contribution in [0.15, 0.2) is 29.2 Å². The van der Waals surface area contributed by atoms with Gasteiger partial charge in [-0.15, -0.1) is 0 Å². The molecule has 1 amide bonds. The summed E-state index contributed by atoms with van der Waals surface area (Å²) in [5, 5.41) is 0. The van der Waals surface area contributed by atoms with Crippen molar-refractivity contribution in [2.75, 3.05) is 39.3 Å². The van der Waals surface area contributed by atoms with Crippen LogP contribution in [0.2, 0.25) is 0 Å². The predicted octanol–water partition coefficient (Wildman–Crippen LogP) is -0.211. The van der Waals surface area contributed by atoms with E-state index in [1.54, 1.807) is 12.1 Å². The molecule has 0 bridgehead atoms. The minimum atomic E-state index is -3.58. The maximum Gasteiger partial charge on any atom is 0.280 e. The van der Waals surface area contributed by atoms with Crippen LogP contribution in [0.4, 0.5) is 0 Å². The van der Waals surface area contributed by atoms with Crippen molar-refractivity contribution in [2.24, 2.45) is 0 Å². The molecule has 0 spiro atoms. The van der Waals surface area contributed by atoms with E-state index in [2.05, 4.69) is 0 Å². The van der Waals surface area contributed by atoms with Gasteiger partial charge in [0.25, 0.3) is 5.91 Å². The van der Waals surface area contributed by atoms with E-state index in [9.17, 15) is 18.0 Å². The number of quaternary nitrogens is 1. The third-order valence-corrected chi connectivity index (χ3v) is 7.58. The second kappa shape index (κ2) is 8.08. The van der Waals surface area contributed by atoms with Crippen LogP contribution in [0, 0.1) is 0 Å². The summed E-state index contributed by atoms with van der Waals surface area (Å²) in [6.07, 6.45) is 2.14. The van der Waals surface area contributed by atoms with Gasteiger partial charge in [-0.1, -0.05) is 12.1 Å². The quantitative estimate of drug-likeness (QED) is 0.701. The number of piperazine rings is 1. The molecular weight excluding hydrogens is 366 g/mol. The van der Waals surface area contributed by atoms with Crippen LogP contribution in [0.5, 0.6) is 0 Å². The van der Waals surface area contributed by atoms with Crippen molar-refractivity contribution in [1.82, 2.24) is 9.21 Å². The smallest absolute Gasteiger partial charge is 0.280 e. The number of Topliss-reactive ketones (excluding diaryl/α,β-unsaturated/α-hetero) is 1. The Kier molecular flexibility index (Phi) is 5.98. The first kappa shape index (κ1) is 20.0. The first-order valence-corrected chi connectivity index (χ1v) is 11.0. The van der Waals surface area contributed by atoms with Crippen LogP contribution in [-0.2, 0) is 14.8 Å².